The van der Waals surface area contributed by atoms with Gasteiger partial charge in [-0.1, -0.05) is 43.7 Å². The standard InChI is InChI=1S/C14H19NO4/c1-2-3-9-19-14(18)15-12(10-13(16)17)11-7-5-4-6-8-11/h4-8,12H,2-3,9-10H2,1H3,(H,15,18)(H,16,17). The number of rotatable bonds is 7. The van der Waals surface area contributed by atoms with Gasteiger partial charge in [-0.2, -0.15) is 0 Å². The van der Waals surface area contributed by atoms with Crippen molar-refractivity contribution in [2.24, 2.45) is 0 Å². The van der Waals surface area contributed by atoms with Gasteiger partial charge in [0.05, 0.1) is 19.1 Å². The molecular weight excluding hydrogens is 246 g/mol. The Morgan fingerprint density at radius 3 is 2.58 bits per heavy atom. The Balaban J connectivity index is 2.60. The number of hydrogen-bond donors (Lipinski definition) is 2. The highest BCUT2D eigenvalue weighted by Gasteiger charge is 2.18. The van der Waals surface area contributed by atoms with Crippen molar-refractivity contribution in [2.75, 3.05) is 6.61 Å². The van der Waals surface area contributed by atoms with Gasteiger partial charge in [0.2, 0.25) is 0 Å². The van der Waals surface area contributed by atoms with Crippen LogP contribution in [0.2, 0.25) is 0 Å². The molecule has 0 spiro atoms. The molecule has 0 aliphatic carbocycles. The summed E-state index contributed by atoms with van der Waals surface area (Å²) in [4.78, 5) is 22.4. The second kappa shape index (κ2) is 8.13. The van der Waals surface area contributed by atoms with Crippen LogP contribution in [0.25, 0.3) is 0 Å². The Morgan fingerprint density at radius 1 is 1.32 bits per heavy atom. The van der Waals surface area contributed by atoms with Gasteiger partial charge in [-0.15, -0.1) is 0 Å². The monoisotopic (exact) mass is 265 g/mol. The Morgan fingerprint density at radius 2 is 2.00 bits per heavy atom. The van der Waals surface area contributed by atoms with Gasteiger partial charge < -0.3 is 15.2 Å². The van der Waals surface area contributed by atoms with Crippen LogP contribution in [0.5, 0.6) is 0 Å². The molecule has 104 valence electrons. The van der Waals surface area contributed by atoms with E-state index in [0.717, 1.165) is 18.4 Å². The first-order valence-electron chi connectivity index (χ1n) is 6.33. The Labute approximate surface area is 112 Å². The Bertz CT molecular complexity index is 405. The summed E-state index contributed by atoms with van der Waals surface area (Å²) >= 11 is 0. The van der Waals surface area contributed by atoms with Gasteiger partial charge in [0.25, 0.3) is 0 Å². The smallest absolute Gasteiger partial charge is 0.407 e. The van der Waals surface area contributed by atoms with E-state index in [1.807, 2.05) is 13.0 Å². The van der Waals surface area contributed by atoms with Crippen molar-refractivity contribution < 1.29 is 19.4 Å². The molecule has 0 aliphatic heterocycles. The van der Waals surface area contributed by atoms with E-state index in [1.54, 1.807) is 24.3 Å². The molecule has 0 aromatic heterocycles. The minimum Gasteiger partial charge on any atom is -0.481 e. The first-order valence-corrected chi connectivity index (χ1v) is 6.33. The second-order valence-corrected chi connectivity index (χ2v) is 4.19. The van der Waals surface area contributed by atoms with Crippen molar-refractivity contribution in [3.63, 3.8) is 0 Å². The van der Waals surface area contributed by atoms with Crippen LogP contribution in [0, 0.1) is 0 Å². The summed E-state index contributed by atoms with van der Waals surface area (Å²) in [6.07, 6.45) is 0.975. The lowest BCUT2D eigenvalue weighted by molar-refractivity contribution is -0.137. The molecule has 19 heavy (non-hydrogen) atoms. The average molecular weight is 265 g/mol. The fraction of sp³-hybridized carbons (Fsp3) is 0.429. The minimum atomic E-state index is -0.970. The SMILES string of the molecule is CCCCOC(=O)NC(CC(=O)O)c1ccccc1. The van der Waals surface area contributed by atoms with Crippen LogP contribution in [0.4, 0.5) is 4.79 Å². The topological polar surface area (TPSA) is 75.6 Å². The molecule has 0 heterocycles. The zero-order valence-electron chi connectivity index (χ0n) is 11.0. The zero-order valence-corrected chi connectivity index (χ0v) is 11.0. The van der Waals surface area contributed by atoms with Crippen molar-refractivity contribution >= 4 is 12.1 Å². The number of hydrogen-bond acceptors (Lipinski definition) is 3. The first-order chi connectivity index (χ1) is 9.13. The van der Waals surface area contributed by atoms with E-state index in [4.69, 9.17) is 9.84 Å². The lowest BCUT2D eigenvalue weighted by atomic mass is 10.0. The molecule has 1 atom stereocenters. The average Bonchev–Trinajstić information content (AvgIpc) is 2.39. The third-order valence-electron chi connectivity index (χ3n) is 2.60. The van der Waals surface area contributed by atoms with Gasteiger partial charge in [0, 0.05) is 0 Å². The number of benzene rings is 1. The van der Waals surface area contributed by atoms with Crippen LogP contribution in [-0.2, 0) is 9.53 Å². The molecule has 2 N–H and O–H groups in total. The van der Waals surface area contributed by atoms with Crippen LogP contribution in [0.15, 0.2) is 30.3 Å². The number of carbonyl (C=O) groups excluding carboxylic acids is 1. The predicted octanol–water partition coefficient (Wildman–Crippen LogP) is 2.73. The number of carboxylic acids is 1. The van der Waals surface area contributed by atoms with E-state index in [2.05, 4.69) is 5.32 Å². The molecule has 5 heteroatoms. The summed E-state index contributed by atoms with van der Waals surface area (Å²) in [5.41, 5.74) is 0.748. The molecule has 1 amide bonds. The highest BCUT2D eigenvalue weighted by atomic mass is 16.5. The maximum atomic E-state index is 11.6. The lowest BCUT2D eigenvalue weighted by Crippen LogP contribution is -2.30. The first kappa shape index (κ1) is 15.0. The third kappa shape index (κ3) is 5.90. The fourth-order valence-corrected chi connectivity index (χ4v) is 1.61. The molecule has 0 fully saturated rings. The predicted molar refractivity (Wildman–Crippen MR) is 70.8 cm³/mol. The van der Waals surface area contributed by atoms with Crippen molar-refractivity contribution in [1.29, 1.82) is 0 Å². The maximum Gasteiger partial charge on any atom is 0.407 e. The summed E-state index contributed by atoms with van der Waals surface area (Å²) in [5, 5.41) is 11.5. The maximum absolute atomic E-state index is 11.6. The highest BCUT2D eigenvalue weighted by molar-refractivity contribution is 5.71. The molecule has 1 aromatic carbocycles. The number of alkyl carbamates (subject to hydrolysis) is 1. The fourth-order valence-electron chi connectivity index (χ4n) is 1.61. The van der Waals surface area contributed by atoms with Crippen LogP contribution < -0.4 is 5.32 Å². The van der Waals surface area contributed by atoms with Crippen LogP contribution in [-0.4, -0.2) is 23.8 Å². The minimum absolute atomic E-state index is 0.174. The molecule has 1 rings (SSSR count). The van der Waals surface area contributed by atoms with Gasteiger partial charge in [0.15, 0.2) is 0 Å². The van der Waals surface area contributed by atoms with Gasteiger partial charge in [0.1, 0.15) is 0 Å². The molecule has 0 bridgehead atoms. The summed E-state index contributed by atoms with van der Waals surface area (Å²) in [6, 6.07) is 8.41. The number of carbonyl (C=O) groups is 2. The Kier molecular flexibility index (Phi) is 6.43. The number of ether oxygens (including phenoxy) is 1. The van der Waals surface area contributed by atoms with E-state index in [0.29, 0.717) is 6.61 Å². The summed E-state index contributed by atoms with van der Waals surface area (Å²) in [7, 11) is 0. The molecule has 1 unspecified atom stereocenters. The number of nitrogens with one attached hydrogen (secondary N) is 1. The number of aliphatic carboxylic acids is 1. The van der Waals surface area contributed by atoms with Gasteiger partial charge in [-0.05, 0) is 12.0 Å². The van der Waals surface area contributed by atoms with E-state index in [9.17, 15) is 9.59 Å². The van der Waals surface area contributed by atoms with Gasteiger partial charge in [-0.25, -0.2) is 4.79 Å². The van der Waals surface area contributed by atoms with Gasteiger partial charge in [-0.3, -0.25) is 4.79 Å². The van der Waals surface area contributed by atoms with Crippen molar-refractivity contribution in [3.8, 4) is 0 Å². The number of unbranched alkanes of at least 4 members (excludes halogenated alkanes) is 1. The number of amides is 1. The number of carboxylic acid groups (broad SMARTS) is 1. The molecule has 5 nitrogen and oxygen atoms in total. The van der Waals surface area contributed by atoms with Crippen LogP contribution >= 0.6 is 0 Å². The van der Waals surface area contributed by atoms with E-state index in [1.165, 1.54) is 0 Å². The second-order valence-electron chi connectivity index (χ2n) is 4.19. The van der Waals surface area contributed by atoms with Crippen LogP contribution in [0.1, 0.15) is 37.8 Å². The largest absolute Gasteiger partial charge is 0.481 e. The zero-order chi connectivity index (χ0) is 14.1. The molecular formula is C14H19NO4. The summed E-state index contributed by atoms with van der Waals surface area (Å²) in [5.74, 6) is -0.970. The molecule has 0 radical (unpaired) electrons. The van der Waals surface area contributed by atoms with Crippen molar-refractivity contribution in [1.82, 2.24) is 5.32 Å². The summed E-state index contributed by atoms with van der Waals surface area (Å²) < 4.78 is 4.97. The van der Waals surface area contributed by atoms with E-state index < -0.39 is 18.1 Å². The normalized spacial score (nSPS) is 11.6. The van der Waals surface area contributed by atoms with Crippen molar-refractivity contribution in [3.05, 3.63) is 35.9 Å². The third-order valence-corrected chi connectivity index (χ3v) is 2.60. The quantitative estimate of drug-likeness (QED) is 0.743. The lowest BCUT2D eigenvalue weighted by Gasteiger charge is -2.17. The van der Waals surface area contributed by atoms with Crippen molar-refractivity contribution in [2.45, 2.75) is 32.2 Å². The molecule has 0 saturated carbocycles. The van der Waals surface area contributed by atoms with E-state index in [-0.39, 0.29) is 6.42 Å². The molecule has 1 aromatic rings. The van der Waals surface area contributed by atoms with E-state index >= 15 is 0 Å². The van der Waals surface area contributed by atoms with Crippen LogP contribution in [0.3, 0.4) is 0 Å². The molecule has 0 aliphatic rings. The summed E-state index contributed by atoms with van der Waals surface area (Å²) in [6.45, 7) is 2.34. The Hall–Kier alpha value is -2.04. The van der Waals surface area contributed by atoms with Gasteiger partial charge >= 0.3 is 12.1 Å². The highest BCUT2D eigenvalue weighted by Crippen LogP contribution is 2.16. The molecule has 0 saturated heterocycles.